The highest BCUT2D eigenvalue weighted by molar-refractivity contribution is 7.98. The van der Waals surface area contributed by atoms with Gasteiger partial charge in [-0.05, 0) is 55.8 Å². The zero-order valence-corrected chi connectivity index (χ0v) is 14.9. The Kier molecular flexibility index (Phi) is 5.94. The van der Waals surface area contributed by atoms with Gasteiger partial charge >= 0.3 is 0 Å². The lowest BCUT2D eigenvalue weighted by Gasteiger charge is -2.16. The second-order valence-corrected chi connectivity index (χ2v) is 7.31. The lowest BCUT2D eigenvalue weighted by molar-refractivity contribution is 0.0787. The molecule has 126 valence electrons. The van der Waals surface area contributed by atoms with Gasteiger partial charge in [0.25, 0.3) is 5.91 Å². The molecular weight excluding hydrogens is 316 g/mol. The summed E-state index contributed by atoms with van der Waals surface area (Å²) in [5, 5.41) is 3.20. The maximum Gasteiger partial charge on any atom is 0.253 e. The van der Waals surface area contributed by atoms with Gasteiger partial charge in [0.1, 0.15) is 0 Å². The molecular formula is C20H24N2OS. The number of nitrogens with zero attached hydrogens (tertiary/aromatic N) is 1. The average Bonchev–Trinajstić information content (AvgIpc) is 3.10. The Labute approximate surface area is 148 Å². The molecule has 0 radical (unpaired) electrons. The smallest absolute Gasteiger partial charge is 0.253 e. The minimum absolute atomic E-state index is 0.160. The van der Waals surface area contributed by atoms with E-state index in [0.717, 1.165) is 37.4 Å². The summed E-state index contributed by atoms with van der Waals surface area (Å²) in [5.74, 6) is 1.69. The first-order valence-corrected chi connectivity index (χ1v) is 9.45. The number of carbonyl (C=O) groups is 1. The van der Waals surface area contributed by atoms with Gasteiger partial charge in [0, 0.05) is 29.3 Å². The van der Waals surface area contributed by atoms with E-state index in [0.29, 0.717) is 5.92 Å². The van der Waals surface area contributed by atoms with Crippen LogP contribution in [0.15, 0.2) is 59.5 Å². The van der Waals surface area contributed by atoms with Crippen molar-refractivity contribution < 1.29 is 4.79 Å². The molecule has 1 amide bonds. The minimum atomic E-state index is 0.160. The largest absolute Gasteiger partial charge is 0.338 e. The van der Waals surface area contributed by atoms with Gasteiger partial charge in [-0.1, -0.05) is 30.3 Å². The van der Waals surface area contributed by atoms with Crippen LogP contribution >= 0.6 is 11.8 Å². The molecule has 2 aromatic carbocycles. The van der Waals surface area contributed by atoms with E-state index in [9.17, 15) is 4.79 Å². The number of nitrogens with one attached hydrogen (secondary N) is 1. The zero-order valence-electron chi connectivity index (χ0n) is 14.1. The van der Waals surface area contributed by atoms with Crippen molar-refractivity contribution in [1.82, 2.24) is 10.2 Å². The molecule has 4 heteroatoms. The topological polar surface area (TPSA) is 32.3 Å². The molecule has 0 aromatic heterocycles. The van der Waals surface area contributed by atoms with Gasteiger partial charge in [-0.3, -0.25) is 4.79 Å². The van der Waals surface area contributed by atoms with Gasteiger partial charge < -0.3 is 10.2 Å². The maximum atomic E-state index is 12.6. The van der Waals surface area contributed by atoms with E-state index in [1.165, 1.54) is 10.5 Å². The standard InChI is InChI=1S/C20H24N2OS/c1-21-13-17-11-12-22(14-17)20(23)18-7-9-19(10-8-18)24-15-16-5-3-2-4-6-16/h2-10,17,21H,11-15H2,1H3. The average molecular weight is 340 g/mol. The summed E-state index contributed by atoms with van der Waals surface area (Å²) in [6.07, 6.45) is 1.09. The predicted octanol–water partition coefficient (Wildman–Crippen LogP) is 3.66. The molecule has 1 aliphatic heterocycles. The summed E-state index contributed by atoms with van der Waals surface area (Å²) >= 11 is 1.80. The number of hydrogen-bond acceptors (Lipinski definition) is 3. The second-order valence-electron chi connectivity index (χ2n) is 6.26. The van der Waals surface area contributed by atoms with Crippen molar-refractivity contribution in [2.45, 2.75) is 17.1 Å². The van der Waals surface area contributed by atoms with E-state index in [1.807, 2.05) is 30.1 Å². The highest BCUT2D eigenvalue weighted by atomic mass is 32.2. The summed E-state index contributed by atoms with van der Waals surface area (Å²) in [4.78, 5) is 15.8. The summed E-state index contributed by atoms with van der Waals surface area (Å²) in [5.41, 5.74) is 2.11. The number of rotatable bonds is 6. The molecule has 0 spiro atoms. The Hall–Kier alpha value is -1.78. The van der Waals surface area contributed by atoms with Crippen LogP contribution in [0.2, 0.25) is 0 Å². The molecule has 3 rings (SSSR count). The Morgan fingerprint density at radius 3 is 2.62 bits per heavy atom. The minimum Gasteiger partial charge on any atom is -0.338 e. The van der Waals surface area contributed by atoms with Crippen LogP contribution < -0.4 is 5.32 Å². The third-order valence-electron chi connectivity index (χ3n) is 4.42. The van der Waals surface area contributed by atoms with E-state index >= 15 is 0 Å². The van der Waals surface area contributed by atoms with E-state index in [2.05, 4.69) is 41.7 Å². The fraction of sp³-hybridized carbons (Fsp3) is 0.350. The fourth-order valence-electron chi connectivity index (χ4n) is 3.09. The number of thioether (sulfide) groups is 1. The zero-order chi connectivity index (χ0) is 16.8. The van der Waals surface area contributed by atoms with Crippen molar-refractivity contribution >= 4 is 17.7 Å². The van der Waals surface area contributed by atoms with Crippen molar-refractivity contribution in [3.05, 3.63) is 65.7 Å². The van der Waals surface area contributed by atoms with Crippen LogP contribution in [0.25, 0.3) is 0 Å². The van der Waals surface area contributed by atoms with Gasteiger partial charge in [-0.15, -0.1) is 11.8 Å². The molecule has 2 aromatic rings. The summed E-state index contributed by atoms with van der Waals surface area (Å²) in [7, 11) is 1.97. The van der Waals surface area contributed by atoms with Crippen LogP contribution in [-0.2, 0) is 5.75 Å². The monoisotopic (exact) mass is 340 g/mol. The quantitative estimate of drug-likeness (QED) is 0.815. The molecule has 1 aliphatic rings. The van der Waals surface area contributed by atoms with Crippen molar-refractivity contribution in [2.75, 3.05) is 26.7 Å². The van der Waals surface area contributed by atoms with E-state index in [1.54, 1.807) is 11.8 Å². The molecule has 1 fully saturated rings. The highest BCUT2D eigenvalue weighted by Gasteiger charge is 2.26. The van der Waals surface area contributed by atoms with Gasteiger partial charge in [0.05, 0.1) is 0 Å². The molecule has 0 bridgehead atoms. The van der Waals surface area contributed by atoms with Crippen molar-refractivity contribution in [3.63, 3.8) is 0 Å². The molecule has 1 saturated heterocycles. The lowest BCUT2D eigenvalue weighted by Crippen LogP contribution is -2.30. The van der Waals surface area contributed by atoms with Crippen LogP contribution in [0.4, 0.5) is 0 Å². The van der Waals surface area contributed by atoms with E-state index in [4.69, 9.17) is 0 Å². The second kappa shape index (κ2) is 8.36. The number of likely N-dealkylation sites (tertiary alicyclic amines) is 1. The Bertz CT molecular complexity index is 657. The summed E-state index contributed by atoms with van der Waals surface area (Å²) in [6, 6.07) is 18.5. The Morgan fingerprint density at radius 1 is 1.17 bits per heavy atom. The maximum absolute atomic E-state index is 12.6. The first kappa shape index (κ1) is 17.1. The molecule has 0 aliphatic carbocycles. The number of benzene rings is 2. The fourth-order valence-corrected chi connectivity index (χ4v) is 3.94. The van der Waals surface area contributed by atoms with Crippen LogP contribution in [0.1, 0.15) is 22.3 Å². The number of amides is 1. The molecule has 1 N–H and O–H groups in total. The van der Waals surface area contributed by atoms with E-state index in [-0.39, 0.29) is 5.91 Å². The first-order valence-electron chi connectivity index (χ1n) is 8.47. The Balaban J connectivity index is 1.55. The normalized spacial score (nSPS) is 17.2. The molecule has 1 heterocycles. The third kappa shape index (κ3) is 4.40. The summed E-state index contributed by atoms with van der Waals surface area (Å²) in [6.45, 7) is 2.72. The number of carbonyl (C=O) groups excluding carboxylic acids is 1. The van der Waals surface area contributed by atoms with Crippen molar-refractivity contribution in [3.8, 4) is 0 Å². The van der Waals surface area contributed by atoms with Crippen molar-refractivity contribution in [2.24, 2.45) is 5.92 Å². The Morgan fingerprint density at radius 2 is 1.92 bits per heavy atom. The third-order valence-corrected chi connectivity index (χ3v) is 5.50. The molecule has 1 unspecified atom stereocenters. The molecule has 0 saturated carbocycles. The van der Waals surface area contributed by atoms with E-state index < -0.39 is 0 Å². The van der Waals surface area contributed by atoms with Crippen LogP contribution in [0, 0.1) is 5.92 Å². The number of hydrogen-bond donors (Lipinski definition) is 1. The molecule has 1 atom stereocenters. The summed E-state index contributed by atoms with van der Waals surface area (Å²) < 4.78 is 0. The van der Waals surface area contributed by atoms with Gasteiger partial charge in [-0.2, -0.15) is 0 Å². The van der Waals surface area contributed by atoms with Gasteiger partial charge in [0.15, 0.2) is 0 Å². The first-order chi connectivity index (χ1) is 11.8. The van der Waals surface area contributed by atoms with Crippen LogP contribution in [-0.4, -0.2) is 37.5 Å². The van der Waals surface area contributed by atoms with Crippen LogP contribution in [0.5, 0.6) is 0 Å². The van der Waals surface area contributed by atoms with Gasteiger partial charge in [0.2, 0.25) is 0 Å². The predicted molar refractivity (Wildman–Crippen MR) is 100 cm³/mol. The molecule has 3 nitrogen and oxygen atoms in total. The van der Waals surface area contributed by atoms with Crippen molar-refractivity contribution in [1.29, 1.82) is 0 Å². The lowest BCUT2D eigenvalue weighted by atomic mass is 10.1. The van der Waals surface area contributed by atoms with Crippen LogP contribution in [0.3, 0.4) is 0 Å². The highest BCUT2D eigenvalue weighted by Crippen LogP contribution is 2.24. The van der Waals surface area contributed by atoms with Gasteiger partial charge in [-0.25, -0.2) is 0 Å². The SMILES string of the molecule is CNCC1CCN(C(=O)c2ccc(SCc3ccccc3)cc2)C1. The molecule has 24 heavy (non-hydrogen) atoms.